The van der Waals surface area contributed by atoms with Crippen molar-refractivity contribution in [3.8, 4) is 0 Å². The maximum Gasteiger partial charge on any atom is 0.339 e. The standard InChI is InChI=1S/C17H20N4O3/c1-3-4-9-18-16(22)14-10-20-15(11-19-14)21-13-8-6-5-7-12(13)17(23)24-2/h5-8,10-11H,3-4,9H2,1-2H3,(H,18,22)(H,20,21). The first-order chi connectivity index (χ1) is 11.7. The van der Waals surface area contributed by atoms with E-state index in [1.807, 2.05) is 0 Å². The number of aromatic nitrogens is 2. The molecule has 0 atom stereocenters. The number of methoxy groups -OCH3 is 1. The van der Waals surface area contributed by atoms with Crippen molar-refractivity contribution >= 4 is 23.4 Å². The molecule has 2 aromatic rings. The Kier molecular flexibility index (Phi) is 6.24. The Labute approximate surface area is 140 Å². The van der Waals surface area contributed by atoms with E-state index in [0.29, 0.717) is 23.6 Å². The Morgan fingerprint density at radius 1 is 1.17 bits per heavy atom. The van der Waals surface area contributed by atoms with Gasteiger partial charge < -0.3 is 15.4 Å². The Balaban J connectivity index is 2.07. The maximum atomic E-state index is 11.9. The third-order valence-electron chi connectivity index (χ3n) is 3.30. The fourth-order valence-electron chi connectivity index (χ4n) is 2.00. The van der Waals surface area contributed by atoms with Gasteiger partial charge in [-0.25, -0.2) is 14.8 Å². The minimum Gasteiger partial charge on any atom is -0.465 e. The molecule has 0 saturated heterocycles. The van der Waals surface area contributed by atoms with E-state index in [4.69, 9.17) is 4.74 Å². The number of esters is 1. The van der Waals surface area contributed by atoms with E-state index >= 15 is 0 Å². The molecule has 24 heavy (non-hydrogen) atoms. The summed E-state index contributed by atoms with van der Waals surface area (Å²) in [6.07, 6.45) is 4.77. The molecule has 0 radical (unpaired) electrons. The Bertz CT molecular complexity index is 701. The zero-order valence-electron chi connectivity index (χ0n) is 13.7. The fraction of sp³-hybridized carbons (Fsp3) is 0.294. The SMILES string of the molecule is CCCCNC(=O)c1cnc(Nc2ccccc2C(=O)OC)cn1. The number of hydrogen-bond donors (Lipinski definition) is 2. The second kappa shape index (κ2) is 8.61. The zero-order valence-corrected chi connectivity index (χ0v) is 13.7. The maximum absolute atomic E-state index is 11.9. The molecule has 0 fully saturated rings. The first kappa shape index (κ1) is 17.4. The van der Waals surface area contributed by atoms with E-state index in [0.717, 1.165) is 12.8 Å². The normalized spacial score (nSPS) is 10.1. The van der Waals surface area contributed by atoms with Crippen LogP contribution in [0.5, 0.6) is 0 Å². The summed E-state index contributed by atoms with van der Waals surface area (Å²) < 4.78 is 4.74. The van der Waals surface area contributed by atoms with Gasteiger partial charge in [0.25, 0.3) is 5.91 Å². The Morgan fingerprint density at radius 3 is 2.62 bits per heavy atom. The molecule has 1 aromatic carbocycles. The highest BCUT2D eigenvalue weighted by atomic mass is 16.5. The van der Waals surface area contributed by atoms with Crippen molar-refractivity contribution in [2.24, 2.45) is 0 Å². The van der Waals surface area contributed by atoms with Crippen LogP contribution in [0.2, 0.25) is 0 Å². The van der Waals surface area contributed by atoms with Crippen LogP contribution in [0.3, 0.4) is 0 Å². The predicted molar refractivity (Wildman–Crippen MR) is 90.3 cm³/mol. The Hall–Kier alpha value is -2.96. The lowest BCUT2D eigenvalue weighted by atomic mass is 10.2. The predicted octanol–water partition coefficient (Wildman–Crippen LogP) is 2.54. The Morgan fingerprint density at radius 2 is 1.96 bits per heavy atom. The van der Waals surface area contributed by atoms with Crippen LogP contribution < -0.4 is 10.6 Å². The van der Waals surface area contributed by atoms with Gasteiger partial charge in [-0.3, -0.25) is 4.79 Å². The van der Waals surface area contributed by atoms with Gasteiger partial charge in [0.05, 0.1) is 30.8 Å². The molecule has 1 amide bonds. The minimum absolute atomic E-state index is 0.248. The first-order valence-electron chi connectivity index (χ1n) is 7.70. The van der Waals surface area contributed by atoms with Crippen molar-refractivity contribution in [1.82, 2.24) is 15.3 Å². The van der Waals surface area contributed by atoms with E-state index in [2.05, 4.69) is 27.5 Å². The summed E-state index contributed by atoms with van der Waals surface area (Å²) in [6, 6.07) is 6.92. The molecular weight excluding hydrogens is 308 g/mol. The molecule has 0 aliphatic rings. The summed E-state index contributed by atoms with van der Waals surface area (Å²) in [6.45, 7) is 2.67. The van der Waals surface area contributed by atoms with E-state index in [1.165, 1.54) is 19.5 Å². The lowest BCUT2D eigenvalue weighted by molar-refractivity contribution is 0.0601. The quantitative estimate of drug-likeness (QED) is 0.599. The molecule has 0 spiro atoms. The average Bonchev–Trinajstić information content (AvgIpc) is 2.62. The molecule has 1 aromatic heterocycles. The van der Waals surface area contributed by atoms with E-state index in [9.17, 15) is 9.59 Å². The highest BCUT2D eigenvalue weighted by Crippen LogP contribution is 2.19. The van der Waals surface area contributed by atoms with Crippen molar-refractivity contribution < 1.29 is 14.3 Å². The van der Waals surface area contributed by atoms with Crippen molar-refractivity contribution in [3.05, 3.63) is 47.9 Å². The molecule has 2 N–H and O–H groups in total. The first-order valence-corrected chi connectivity index (χ1v) is 7.70. The van der Waals surface area contributed by atoms with E-state index < -0.39 is 5.97 Å². The second-order valence-corrected chi connectivity index (χ2v) is 5.06. The van der Waals surface area contributed by atoms with E-state index in [-0.39, 0.29) is 11.6 Å². The number of carbonyl (C=O) groups is 2. The molecule has 126 valence electrons. The number of hydrogen-bond acceptors (Lipinski definition) is 6. The minimum atomic E-state index is -0.446. The molecule has 1 heterocycles. The number of para-hydroxylation sites is 1. The van der Waals surface area contributed by atoms with Gasteiger partial charge in [0.15, 0.2) is 0 Å². The number of rotatable bonds is 7. The number of anilines is 2. The highest BCUT2D eigenvalue weighted by molar-refractivity contribution is 5.96. The third kappa shape index (κ3) is 4.52. The summed E-state index contributed by atoms with van der Waals surface area (Å²) in [5.74, 6) is -0.271. The van der Waals surface area contributed by atoms with Crippen molar-refractivity contribution in [2.45, 2.75) is 19.8 Å². The van der Waals surface area contributed by atoms with Crippen molar-refractivity contribution in [2.75, 3.05) is 19.0 Å². The lowest BCUT2D eigenvalue weighted by Gasteiger charge is -2.10. The fourth-order valence-corrected chi connectivity index (χ4v) is 2.00. The molecule has 7 nitrogen and oxygen atoms in total. The van der Waals surface area contributed by atoms with Crippen LogP contribution in [-0.2, 0) is 4.74 Å². The molecule has 0 aliphatic carbocycles. The molecule has 7 heteroatoms. The molecule has 0 bridgehead atoms. The monoisotopic (exact) mass is 328 g/mol. The van der Waals surface area contributed by atoms with Crippen molar-refractivity contribution in [1.29, 1.82) is 0 Å². The molecule has 0 saturated carbocycles. The second-order valence-electron chi connectivity index (χ2n) is 5.06. The molecular formula is C17H20N4O3. The van der Waals surface area contributed by atoms with Gasteiger partial charge in [-0.05, 0) is 18.6 Å². The number of carbonyl (C=O) groups excluding carboxylic acids is 2. The summed E-state index contributed by atoms with van der Waals surface area (Å²) in [5, 5.41) is 5.78. The number of nitrogens with one attached hydrogen (secondary N) is 2. The van der Waals surface area contributed by atoms with Crippen LogP contribution in [-0.4, -0.2) is 35.5 Å². The summed E-state index contributed by atoms with van der Waals surface area (Å²) in [5.41, 5.74) is 1.19. The largest absolute Gasteiger partial charge is 0.465 e. The molecule has 0 unspecified atom stereocenters. The third-order valence-corrected chi connectivity index (χ3v) is 3.30. The number of benzene rings is 1. The lowest BCUT2D eigenvalue weighted by Crippen LogP contribution is -2.25. The van der Waals surface area contributed by atoms with Gasteiger partial charge in [0.1, 0.15) is 11.5 Å². The number of ether oxygens (including phenoxy) is 1. The van der Waals surface area contributed by atoms with Crippen LogP contribution in [0.15, 0.2) is 36.7 Å². The smallest absolute Gasteiger partial charge is 0.339 e. The van der Waals surface area contributed by atoms with Crippen LogP contribution in [0.1, 0.15) is 40.6 Å². The topological polar surface area (TPSA) is 93.2 Å². The number of amides is 1. The van der Waals surface area contributed by atoms with Gasteiger partial charge in [0, 0.05) is 6.54 Å². The zero-order chi connectivity index (χ0) is 17.4. The van der Waals surface area contributed by atoms with Gasteiger partial charge >= 0.3 is 5.97 Å². The van der Waals surface area contributed by atoms with Gasteiger partial charge in [-0.1, -0.05) is 25.5 Å². The summed E-state index contributed by atoms with van der Waals surface area (Å²) in [4.78, 5) is 31.9. The summed E-state index contributed by atoms with van der Waals surface area (Å²) in [7, 11) is 1.32. The van der Waals surface area contributed by atoms with Gasteiger partial charge in [-0.2, -0.15) is 0 Å². The highest BCUT2D eigenvalue weighted by Gasteiger charge is 2.12. The van der Waals surface area contributed by atoms with Gasteiger partial charge in [-0.15, -0.1) is 0 Å². The average molecular weight is 328 g/mol. The van der Waals surface area contributed by atoms with Crippen LogP contribution in [0.25, 0.3) is 0 Å². The molecule has 2 rings (SSSR count). The number of nitrogens with zero attached hydrogens (tertiary/aromatic N) is 2. The van der Waals surface area contributed by atoms with Crippen LogP contribution >= 0.6 is 0 Å². The number of unbranched alkanes of at least 4 members (excludes halogenated alkanes) is 1. The van der Waals surface area contributed by atoms with Crippen molar-refractivity contribution in [3.63, 3.8) is 0 Å². The van der Waals surface area contributed by atoms with E-state index in [1.54, 1.807) is 24.3 Å². The molecule has 0 aliphatic heterocycles. The van der Waals surface area contributed by atoms with Crippen LogP contribution in [0.4, 0.5) is 11.5 Å². The van der Waals surface area contributed by atoms with Crippen LogP contribution in [0, 0.1) is 0 Å². The van der Waals surface area contributed by atoms with Gasteiger partial charge in [0.2, 0.25) is 0 Å². The summed E-state index contributed by atoms with van der Waals surface area (Å²) >= 11 is 0.